The van der Waals surface area contributed by atoms with E-state index in [-0.39, 0.29) is 0 Å². The summed E-state index contributed by atoms with van der Waals surface area (Å²) in [5.41, 5.74) is 1.78. The first-order valence-electron chi connectivity index (χ1n) is 4.95. The third kappa shape index (κ3) is 3.37. The SMILES string of the molecule is C#Cc1ccccc1C#CCC(C)C=C. The van der Waals surface area contributed by atoms with Gasteiger partial charge in [0.1, 0.15) is 0 Å². The molecule has 0 saturated heterocycles. The highest BCUT2D eigenvalue weighted by molar-refractivity contribution is 5.49. The average Bonchev–Trinajstić information content (AvgIpc) is 2.29. The highest BCUT2D eigenvalue weighted by Gasteiger charge is 1.94. The molecule has 1 atom stereocenters. The van der Waals surface area contributed by atoms with Crippen molar-refractivity contribution in [2.45, 2.75) is 13.3 Å². The third-order valence-corrected chi connectivity index (χ3v) is 2.13. The lowest BCUT2D eigenvalue weighted by molar-refractivity contribution is 0.761. The average molecular weight is 194 g/mol. The Morgan fingerprint density at radius 2 is 2.07 bits per heavy atom. The van der Waals surface area contributed by atoms with Crippen LogP contribution in [0.1, 0.15) is 24.5 Å². The van der Waals surface area contributed by atoms with Crippen LogP contribution in [0.4, 0.5) is 0 Å². The van der Waals surface area contributed by atoms with Gasteiger partial charge in [-0.05, 0) is 18.1 Å². The van der Waals surface area contributed by atoms with Gasteiger partial charge in [0.05, 0.1) is 0 Å². The van der Waals surface area contributed by atoms with Crippen LogP contribution in [-0.4, -0.2) is 0 Å². The second kappa shape index (κ2) is 5.74. The molecular weight excluding hydrogens is 180 g/mol. The zero-order chi connectivity index (χ0) is 11.1. The monoisotopic (exact) mass is 194 g/mol. The van der Waals surface area contributed by atoms with Crippen LogP contribution in [-0.2, 0) is 0 Å². The minimum Gasteiger partial charge on any atom is -0.115 e. The Balaban J connectivity index is 2.80. The molecule has 1 aromatic carbocycles. The Kier molecular flexibility index (Phi) is 4.27. The zero-order valence-corrected chi connectivity index (χ0v) is 8.96. The van der Waals surface area contributed by atoms with E-state index in [1.807, 2.05) is 30.3 Å². The van der Waals surface area contributed by atoms with E-state index < -0.39 is 0 Å². The van der Waals surface area contributed by atoms with Crippen molar-refractivity contribution in [1.82, 2.24) is 0 Å². The molecule has 0 heteroatoms. The molecule has 0 radical (unpaired) electrons. The molecule has 0 bridgehead atoms. The molecule has 0 N–H and O–H groups in total. The number of hydrogen-bond donors (Lipinski definition) is 0. The fraction of sp³-hybridized carbons (Fsp3) is 0.200. The van der Waals surface area contributed by atoms with E-state index in [2.05, 4.69) is 31.3 Å². The maximum atomic E-state index is 5.37. The van der Waals surface area contributed by atoms with Gasteiger partial charge in [0.25, 0.3) is 0 Å². The van der Waals surface area contributed by atoms with Gasteiger partial charge in [-0.1, -0.05) is 42.9 Å². The molecule has 0 saturated carbocycles. The second-order valence-electron chi connectivity index (χ2n) is 3.41. The van der Waals surface area contributed by atoms with Crippen molar-refractivity contribution in [1.29, 1.82) is 0 Å². The number of terminal acetylenes is 1. The van der Waals surface area contributed by atoms with E-state index in [1.54, 1.807) is 0 Å². The van der Waals surface area contributed by atoms with Crippen LogP contribution < -0.4 is 0 Å². The van der Waals surface area contributed by atoms with Gasteiger partial charge in [-0.2, -0.15) is 0 Å². The van der Waals surface area contributed by atoms with Gasteiger partial charge >= 0.3 is 0 Å². The van der Waals surface area contributed by atoms with Crippen LogP contribution in [0.2, 0.25) is 0 Å². The summed E-state index contributed by atoms with van der Waals surface area (Å²) < 4.78 is 0. The number of hydrogen-bond acceptors (Lipinski definition) is 0. The Labute approximate surface area is 92.0 Å². The molecule has 1 aromatic rings. The summed E-state index contributed by atoms with van der Waals surface area (Å²) >= 11 is 0. The Morgan fingerprint density at radius 1 is 1.40 bits per heavy atom. The molecule has 0 amide bonds. The molecule has 0 aliphatic rings. The van der Waals surface area contributed by atoms with Crippen LogP contribution in [0.15, 0.2) is 36.9 Å². The quantitative estimate of drug-likeness (QED) is 0.501. The maximum absolute atomic E-state index is 5.37. The molecule has 0 nitrogen and oxygen atoms in total. The molecule has 0 fully saturated rings. The van der Waals surface area contributed by atoms with E-state index in [9.17, 15) is 0 Å². The highest BCUT2D eigenvalue weighted by Crippen LogP contribution is 2.06. The maximum Gasteiger partial charge on any atom is 0.0401 e. The van der Waals surface area contributed by atoms with Crippen molar-refractivity contribution in [2.75, 3.05) is 0 Å². The minimum atomic E-state index is 0.426. The number of benzene rings is 1. The van der Waals surface area contributed by atoms with E-state index in [0.29, 0.717) is 5.92 Å². The fourth-order valence-corrected chi connectivity index (χ4v) is 1.11. The van der Waals surface area contributed by atoms with Gasteiger partial charge in [0.15, 0.2) is 0 Å². The molecule has 1 unspecified atom stereocenters. The summed E-state index contributed by atoms with van der Waals surface area (Å²) in [7, 11) is 0. The van der Waals surface area contributed by atoms with Gasteiger partial charge < -0.3 is 0 Å². The highest BCUT2D eigenvalue weighted by atomic mass is 14.0. The van der Waals surface area contributed by atoms with Crippen LogP contribution in [0.3, 0.4) is 0 Å². The predicted molar refractivity (Wildman–Crippen MR) is 65.2 cm³/mol. The predicted octanol–water partition coefficient (Wildman–Crippen LogP) is 3.23. The van der Waals surface area contributed by atoms with Crippen LogP contribution in [0.5, 0.6) is 0 Å². The first kappa shape index (κ1) is 11.2. The second-order valence-corrected chi connectivity index (χ2v) is 3.41. The summed E-state index contributed by atoms with van der Waals surface area (Å²) in [5.74, 6) is 9.25. The molecule has 0 aromatic heterocycles. The smallest absolute Gasteiger partial charge is 0.0401 e. The summed E-state index contributed by atoms with van der Waals surface area (Å²) in [6.45, 7) is 5.81. The van der Waals surface area contributed by atoms with Crippen LogP contribution in [0.25, 0.3) is 0 Å². The largest absolute Gasteiger partial charge is 0.115 e. The van der Waals surface area contributed by atoms with Crippen molar-refractivity contribution in [3.05, 3.63) is 48.0 Å². The molecule has 15 heavy (non-hydrogen) atoms. The first-order valence-corrected chi connectivity index (χ1v) is 4.95. The van der Waals surface area contributed by atoms with E-state index >= 15 is 0 Å². The lowest BCUT2D eigenvalue weighted by Crippen LogP contribution is -1.86. The molecule has 0 spiro atoms. The molecule has 0 aliphatic heterocycles. The van der Waals surface area contributed by atoms with Gasteiger partial charge in [0, 0.05) is 17.5 Å². The summed E-state index contributed by atoms with van der Waals surface area (Å²) in [6.07, 6.45) is 8.10. The minimum absolute atomic E-state index is 0.426. The van der Waals surface area contributed by atoms with Crippen molar-refractivity contribution in [3.8, 4) is 24.2 Å². The molecular formula is C15H14. The van der Waals surface area contributed by atoms with Crippen molar-refractivity contribution in [3.63, 3.8) is 0 Å². The first-order chi connectivity index (χ1) is 7.27. The zero-order valence-electron chi connectivity index (χ0n) is 8.96. The lowest BCUT2D eigenvalue weighted by Gasteiger charge is -1.97. The standard InChI is InChI=1S/C15H14/c1-4-13(3)9-8-12-15-11-7-6-10-14(15)5-2/h2,4,6-7,10-11,13H,1,9H2,3H3. The van der Waals surface area contributed by atoms with Gasteiger partial charge in [0.2, 0.25) is 0 Å². The van der Waals surface area contributed by atoms with E-state index in [4.69, 9.17) is 6.42 Å². The lowest BCUT2D eigenvalue weighted by atomic mass is 10.1. The Hall–Kier alpha value is -1.92. The Bertz CT molecular complexity index is 435. The van der Waals surface area contributed by atoms with E-state index in [0.717, 1.165) is 17.5 Å². The van der Waals surface area contributed by atoms with E-state index in [1.165, 1.54) is 0 Å². The summed E-state index contributed by atoms with van der Waals surface area (Å²) in [5, 5.41) is 0. The summed E-state index contributed by atoms with van der Waals surface area (Å²) in [4.78, 5) is 0. The van der Waals surface area contributed by atoms with Gasteiger partial charge in [-0.15, -0.1) is 13.0 Å². The van der Waals surface area contributed by atoms with Gasteiger partial charge in [-0.25, -0.2) is 0 Å². The topological polar surface area (TPSA) is 0 Å². The molecule has 0 heterocycles. The van der Waals surface area contributed by atoms with Crippen LogP contribution >= 0.6 is 0 Å². The normalized spacial score (nSPS) is 10.7. The summed E-state index contributed by atoms with van der Waals surface area (Å²) in [6, 6.07) is 7.72. The third-order valence-electron chi connectivity index (χ3n) is 2.13. The molecule has 0 aliphatic carbocycles. The van der Waals surface area contributed by atoms with Crippen LogP contribution in [0, 0.1) is 30.1 Å². The van der Waals surface area contributed by atoms with Gasteiger partial charge in [-0.3, -0.25) is 0 Å². The molecule has 74 valence electrons. The Morgan fingerprint density at radius 3 is 2.67 bits per heavy atom. The van der Waals surface area contributed by atoms with Crippen molar-refractivity contribution in [2.24, 2.45) is 5.92 Å². The molecule has 1 rings (SSSR count). The van der Waals surface area contributed by atoms with Crippen molar-refractivity contribution >= 4 is 0 Å². The number of allylic oxidation sites excluding steroid dienone is 1. The number of rotatable bonds is 2. The fourth-order valence-electron chi connectivity index (χ4n) is 1.11. The van der Waals surface area contributed by atoms with Crippen molar-refractivity contribution < 1.29 is 0 Å².